The quantitative estimate of drug-likeness (QED) is 0.578. The van der Waals surface area contributed by atoms with E-state index in [0.717, 1.165) is 5.70 Å². The fourth-order valence-corrected chi connectivity index (χ4v) is 0.558. The molecule has 0 aliphatic carbocycles. The highest BCUT2D eigenvalue weighted by molar-refractivity contribution is 5.11. The molecule has 0 spiro atoms. The molecule has 0 saturated carbocycles. The SMILES string of the molecule is CNC(C)/C(C)=C(/C)N. The summed E-state index contributed by atoms with van der Waals surface area (Å²) in [6.07, 6.45) is 0. The van der Waals surface area contributed by atoms with Gasteiger partial charge in [-0.15, -0.1) is 0 Å². The summed E-state index contributed by atoms with van der Waals surface area (Å²) < 4.78 is 0. The van der Waals surface area contributed by atoms with E-state index in [2.05, 4.69) is 12.2 Å². The van der Waals surface area contributed by atoms with Gasteiger partial charge in [0.2, 0.25) is 0 Å². The predicted octanol–water partition coefficient (Wildman–Crippen LogP) is 0.847. The minimum Gasteiger partial charge on any atom is -0.402 e. The predicted molar refractivity (Wildman–Crippen MR) is 41.1 cm³/mol. The molecular formula is C7H16N2. The van der Waals surface area contributed by atoms with Crippen LogP contribution in [0.5, 0.6) is 0 Å². The van der Waals surface area contributed by atoms with Gasteiger partial charge in [0.15, 0.2) is 0 Å². The van der Waals surface area contributed by atoms with Crippen molar-refractivity contribution in [1.82, 2.24) is 5.32 Å². The van der Waals surface area contributed by atoms with Crippen LogP contribution in [0.4, 0.5) is 0 Å². The number of likely N-dealkylation sites (N-methyl/N-ethyl adjacent to an activating group) is 1. The average molecular weight is 128 g/mol. The normalized spacial score (nSPS) is 16.9. The zero-order chi connectivity index (χ0) is 7.44. The van der Waals surface area contributed by atoms with Gasteiger partial charge in [-0.1, -0.05) is 0 Å². The van der Waals surface area contributed by atoms with Gasteiger partial charge in [-0.05, 0) is 33.4 Å². The summed E-state index contributed by atoms with van der Waals surface area (Å²) in [4.78, 5) is 0. The molecule has 54 valence electrons. The Bertz CT molecular complexity index is 112. The summed E-state index contributed by atoms with van der Waals surface area (Å²) in [5.74, 6) is 0. The lowest BCUT2D eigenvalue weighted by atomic mass is 10.1. The van der Waals surface area contributed by atoms with Crippen LogP contribution >= 0.6 is 0 Å². The third-order valence-corrected chi connectivity index (χ3v) is 1.70. The third kappa shape index (κ3) is 2.51. The molecule has 0 aromatic heterocycles. The number of hydrogen-bond acceptors (Lipinski definition) is 2. The van der Waals surface area contributed by atoms with E-state index in [1.807, 2.05) is 20.9 Å². The topological polar surface area (TPSA) is 38.0 Å². The molecular weight excluding hydrogens is 112 g/mol. The molecule has 0 bridgehead atoms. The van der Waals surface area contributed by atoms with E-state index in [1.54, 1.807) is 0 Å². The van der Waals surface area contributed by atoms with E-state index in [0.29, 0.717) is 6.04 Å². The molecule has 3 N–H and O–H groups in total. The van der Waals surface area contributed by atoms with Crippen LogP contribution in [-0.2, 0) is 0 Å². The first-order valence-corrected chi connectivity index (χ1v) is 3.19. The number of hydrogen-bond donors (Lipinski definition) is 2. The molecule has 2 nitrogen and oxygen atoms in total. The summed E-state index contributed by atoms with van der Waals surface area (Å²) in [6, 6.07) is 0.398. The van der Waals surface area contributed by atoms with Crippen LogP contribution in [0.1, 0.15) is 20.8 Å². The van der Waals surface area contributed by atoms with Crippen molar-refractivity contribution in [2.75, 3.05) is 7.05 Å². The smallest absolute Gasteiger partial charge is 0.0265 e. The first-order valence-electron chi connectivity index (χ1n) is 3.19. The second-order valence-electron chi connectivity index (χ2n) is 2.38. The van der Waals surface area contributed by atoms with Gasteiger partial charge in [-0.25, -0.2) is 0 Å². The van der Waals surface area contributed by atoms with Crippen LogP contribution in [0.3, 0.4) is 0 Å². The molecule has 0 amide bonds. The number of allylic oxidation sites excluding steroid dienone is 1. The molecule has 0 radical (unpaired) electrons. The van der Waals surface area contributed by atoms with Crippen molar-refractivity contribution < 1.29 is 0 Å². The lowest BCUT2D eigenvalue weighted by Gasteiger charge is -2.11. The molecule has 0 aromatic rings. The lowest BCUT2D eigenvalue weighted by molar-refractivity contribution is 0.684. The molecule has 2 heteroatoms. The van der Waals surface area contributed by atoms with Crippen molar-refractivity contribution in [3.63, 3.8) is 0 Å². The molecule has 1 atom stereocenters. The first-order chi connectivity index (χ1) is 4.09. The Kier molecular flexibility index (Phi) is 3.32. The van der Waals surface area contributed by atoms with Crippen molar-refractivity contribution in [2.24, 2.45) is 5.73 Å². The Morgan fingerprint density at radius 2 is 1.89 bits per heavy atom. The zero-order valence-electron chi connectivity index (χ0n) is 6.65. The third-order valence-electron chi connectivity index (χ3n) is 1.70. The van der Waals surface area contributed by atoms with Crippen LogP contribution in [0, 0.1) is 0 Å². The van der Waals surface area contributed by atoms with Gasteiger partial charge in [-0.2, -0.15) is 0 Å². The van der Waals surface area contributed by atoms with Gasteiger partial charge in [0.25, 0.3) is 0 Å². The molecule has 0 rings (SSSR count). The standard InChI is InChI=1S/C7H16N2/c1-5(6(2)8)7(3)9-4/h7,9H,8H2,1-4H3/b6-5-. The number of nitrogens with one attached hydrogen (secondary N) is 1. The second kappa shape index (κ2) is 3.51. The molecule has 0 aromatic carbocycles. The van der Waals surface area contributed by atoms with Crippen LogP contribution in [0.25, 0.3) is 0 Å². The van der Waals surface area contributed by atoms with E-state index in [1.165, 1.54) is 5.57 Å². The fourth-order valence-electron chi connectivity index (χ4n) is 0.558. The van der Waals surface area contributed by atoms with Gasteiger partial charge >= 0.3 is 0 Å². The van der Waals surface area contributed by atoms with Gasteiger partial charge in [0.05, 0.1) is 0 Å². The second-order valence-corrected chi connectivity index (χ2v) is 2.38. The van der Waals surface area contributed by atoms with Crippen molar-refractivity contribution >= 4 is 0 Å². The van der Waals surface area contributed by atoms with E-state index < -0.39 is 0 Å². The zero-order valence-corrected chi connectivity index (χ0v) is 6.65. The van der Waals surface area contributed by atoms with Gasteiger partial charge in [-0.3, -0.25) is 0 Å². The Hall–Kier alpha value is -0.500. The van der Waals surface area contributed by atoms with Crippen molar-refractivity contribution in [2.45, 2.75) is 26.8 Å². The summed E-state index contributed by atoms with van der Waals surface area (Å²) in [5.41, 5.74) is 7.69. The minimum atomic E-state index is 0.398. The van der Waals surface area contributed by atoms with Crippen LogP contribution in [0.2, 0.25) is 0 Å². The summed E-state index contributed by atoms with van der Waals surface area (Å²) >= 11 is 0. The Balaban J connectivity index is 4.02. The van der Waals surface area contributed by atoms with Gasteiger partial charge < -0.3 is 11.1 Å². The summed E-state index contributed by atoms with van der Waals surface area (Å²) in [7, 11) is 1.93. The minimum absolute atomic E-state index is 0.398. The molecule has 1 unspecified atom stereocenters. The van der Waals surface area contributed by atoms with Crippen LogP contribution < -0.4 is 11.1 Å². The van der Waals surface area contributed by atoms with Gasteiger partial charge in [0, 0.05) is 11.7 Å². The Labute approximate surface area is 57.1 Å². The maximum Gasteiger partial charge on any atom is 0.0265 e. The summed E-state index contributed by atoms with van der Waals surface area (Å²) in [5, 5.41) is 3.11. The van der Waals surface area contributed by atoms with Crippen molar-refractivity contribution in [1.29, 1.82) is 0 Å². The molecule has 0 heterocycles. The van der Waals surface area contributed by atoms with Crippen LogP contribution in [0.15, 0.2) is 11.3 Å². The van der Waals surface area contributed by atoms with Crippen molar-refractivity contribution in [3.8, 4) is 0 Å². The monoisotopic (exact) mass is 128 g/mol. The van der Waals surface area contributed by atoms with Gasteiger partial charge in [0.1, 0.15) is 0 Å². The molecule has 0 saturated heterocycles. The molecule has 0 aliphatic rings. The number of nitrogens with two attached hydrogens (primary N) is 1. The molecule has 0 fully saturated rings. The molecule has 0 aliphatic heterocycles. The first kappa shape index (κ1) is 8.50. The average Bonchev–Trinajstić information content (AvgIpc) is 1.84. The van der Waals surface area contributed by atoms with Crippen molar-refractivity contribution in [3.05, 3.63) is 11.3 Å². The Morgan fingerprint density at radius 3 is 2.00 bits per heavy atom. The van der Waals surface area contributed by atoms with E-state index in [4.69, 9.17) is 5.73 Å². The summed E-state index contributed by atoms with van der Waals surface area (Å²) in [6.45, 7) is 6.05. The molecule has 9 heavy (non-hydrogen) atoms. The maximum absolute atomic E-state index is 5.55. The lowest BCUT2D eigenvalue weighted by Crippen LogP contribution is -2.24. The Morgan fingerprint density at radius 1 is 1.44 bits per heavy atom. The highest BCUT2D eigenvalue weighted by Crippen LogP contribution is 2.01. The highest BCUT2D eigenvalue weighted by atomic mass is 14.9. The highest BCUT2D eigenvalue weighted by Gasteiger charge is 2.00. The van der Waals surface area contributed by atoms with Crippen LogP contribution in [-0.4, -0.2) is 13.1 Å². The fraction of sp³-hybridized carbons (Fsp3) is 0.714. The largest absolute Gasteiger partial charge is 0.402 e. The number of rotatable bonds is 2. The van der Waals surface area contributed by atoms with E-state index in [9.17, 15) is 0 Å². The maximum atomic E-state index is 5.55. The van der Waals surface area contributed by atoms with E-state index >= 15 is 0 Å². The van der Waals surface area contributed by atoms with E-state index in [-0.39, 0.29) is 0 Å².